The van der Waals surface area contributed by atoms with Gasteiger partial charge < -0.3 is 10.5 Å². The highest BCUT2D eigenvalue weighted by Crippen LogP contribution is 2.30. The summed E-state index contributed by atoms with van der Waals surface area (Å²) < 4.78 is 6.47. The van der Waals surface area contributed by atoms with Gasteiger partial charge in [-0.1, -0.05) is 35.4 Å². The first-order chi connectivity index (χ1) is 9.51. The molecule has 0 saturated heterocycles. The number of hydrogen-bond acceptors (Lipinski definition) is 2. The second-order valence-electron chi connectivity index (χ2n) is 5.02. The van der Waals surface area contributed by atoms with Gasteiger partial charge in [0.1, 0.15) is 5.75 Å². The molecule has 0 aliphatic heterocycles. The maximum absolute atomic E-state index is 6.39. The molecule has 0 heterocycles. The first kappa shape index (κ1) is 15.1. The molecule has 2 aromatic carbocycles. The minimum Gasteiger partial charge on any atom is -0.493 e. The van der Waals surface area contributed by atoms with E-state index in [1.807, 2.05) is 25.1 Å². The van der Waals surface area contributed by atoms with Crippen molar-refractivity contribution in [1.82, 2.24) is 0 Å². The molecule has 2 nitrogen and oxygen atoms in total. The maximum atomic E-state index is 6.39. The second kappa shape index (κ2) is 6.42. The highest BCUT2D eigenvalue weighted by molar-refractivity contribution is 9.10. The van der Waals surface area contributed by atoms with Crippen molar-refractivity contribution >= 4 is 15.9 Å². The SMILES string of the molecule is CCOc1ccc(C(N)c2cc(C)cc(C)c2)cc1Br. The summed E-state index contributed by atoms with van der Waals surface area (Å²) >= 11 is 3.54. The van der Waals surface area contributed by atoms with Crippen molar-refractivity contribution in [3.63, 3.8) is 0 Å². The fourth-order valence-corrected chi connectivity index (χ4v) is 2.88. The quantitative estimate of drug-likeness (QED) is 0.893. The fraction of sp³-hybridized carbons (Fsp3) is 0.294. The number of ether oxygens (including phenoxy) is 1. The lowest BCUT2D eigenvalue weighted by Crippen LogP contribution is -2.12. The molecular weight excluding hydrogens is 314 g/mol. The lowest BCUT2D eigenvalue weighted by molar-refractivity contribution is 0.338. The van der Waals surface area contributed by atoms with Gasteiger partial charge in [-0.05, 0) is 60.0 Å². The molecule has 2 N–H and O–H groups in total. The molecule has 0 bridgehead atoms. The molecule has 0 saturated carbocycles. The van der Waals surface area contributed by atoms with Crippen LogP contribution in [-0.4, -0.2) is 6.61 Å². The Bertz CT molecular complexity index is 590. The minimum atomic E-state index is -0.124. The average Bonchev–Trinajstić information content (AvgIpc) is 2.39. The molecule has 0 radical (unpaired) electrons. The molecule has 0 spiro atoms. The van der Waals surface area contributed by atoms with Gasteiger partial charge in [-0.25, -0.2) is 0 Å². The lowest BCUT2D eigenvalue weighted by atomic mass is 9.96. The van der Waals surface area contributed by atoms with Crippen LogP contribution in [0.1, 0.15) is 35.2 Å². The van der Waals surface area contributed by atoms with E-state index in [0.717, 1.165) is 21.3 Å². The average molecular weight is 334 g/mol. The Labute approximate surface area is 129 Å². The van der Waals surface area contributed by atoms with Gasteiger partial charge in [0, 0.05) is 0 Å². The number of rotatable bonds is 4. The van der Waals surface area contributed by atoms with Crippen LogP contribution in [0.2, 0.25) is 0 Å². The van der Waals surface area contributed by atoms with Crippen molar-refractivity contribution in [3.8, 4) is 5.75 Å². The number of hydrogen-bond donors (Lipinski definition) is 1. The van der Waals surface area contributed by atoms with Crippen LogP contribution in [0, 0.1) is 13.8 Å². The molecule has 0 aromatic heterocycles. The summed E-state index contributed by atoms with van der Waals surface area (Å²) in [6.45, 7) is 6.82. The summed E-state index contributed by atoms with van der Waals surface area (Å²) in [6, 6.07) is 12.3. The van der Waals surface area contributed by atoms with E-state index in [4.69, 9.17) is 10.5 Å². The zero-order chi connectivity index (χ0) is 14.7. The van der Waals surface area contributed by atoms with Crippen LogP contribution >= 0.6 is 15.9 Å². The van der Waals surface area contributed by atoms with Crippen molar-refractivity contribution in [1.29, 1.82) is 0 Å². The molecule has 20 heavy (non-hydrogen) atoms. The Morgan fingerprint density at radius 2 is 1.70 bits per heavy atom. The summed E-state index contributed by atoms with van der Waals surface area (Å²) in [4.78, 5) is 0. The fourth-order valence-electron chi connectivity index (χ4n) is 2.37. The van der Waals surface area contributed by atoms with Gasteiger partial charge >= 0.3 is 0 Å². The topological polar surface area (TPSA) is 35.2 Å². The molecule has 3 heteroatoms. The summed E-state index contributed by atoms with van der Waals surface area (Å²) in [5.74, 6) is 0.851. The van der Waals surface area contributed by atoms with Gasteiger partial charge in [-0.3, -0.25) is 0 Å². The monoisotopic (exact) mass is 333 g/mol. The van der Waals surface area contributed by atoms with Crippen molar-refractivity contribution in [2.45, 2.75) is 26.8 Å². The van der Waals surface area contributed by atoms with Gasteiger partial charge in [0.25, 0.3) is 0 Å². The van der Waals surface area contributed by atoms with E-state index in [2.05, 4.69) is 48.0 Å². The molecule has 0 fully saturated rings. The number of halogens is 1. The highest BCUT2D eigenvalue weighted by atomic mass is 79.9. The van der Waals surface area contributed by atoms with Gasteiger partial charge in [-0.15, -0.1) is 0 Å². The Kier molecular flexibility index (Phi) is 4.84. The number of aryl methyl sites for hydroxylation is 2. The van der Waals surface area contributed by atoms with E-state index in [0.29, 0.717) is 6.61 Å². The predicted octanol–water partition coefficient (Wildman–Crippen LogP) is 4.51. The van der Waals surface area contributed by atoms with Gasteiger partial charge in [0.15, 0.2) is 0 Å². The first-order valence-corrected chi connectivity index (χ1v) is 7.56. The highest BCUT2D eigenvalue weighted by Gasteiger charge is 2.12. The van der Waals surface area contributed by atoms with E-state index in [-0.39, 0.29) is 6.04 Å². The van der Waals surface area contributed by atoms with E-state index in [1.165, 1.54) is 11.1 Å². The van der Waals surface area contributed by atoms with Crippen molar-refractivity contribution < 1.29 is 4.74 Å². The van der Waals surface area contributed by atoms with Crippen LogP contribution < -0.4 is 10.5 Å². The molecule has 1 atom stereocenters. The Balaban J connectivity index is 2.33. The summed E-state index contributed by atoms with van der Waals surface area (Å²) in [5.41, 5.74) is 11.1. The Morgan fingerprint density at radius 3 is 2.25 bits per heavy atom. The number of nitrogens with two attached hydrogens (primary N) is 1. The number of benzene rings is 2. The standard InChI is InChI=1S/C17H20BrNO/c1-4-20-16-6-5-13(10-15(16)18)17(19)14-8-11(2)7-12(3)9-14/h5-10,17H,4,19H2,1-3H3. The molecule has 2 rings (SSSR count). The van der Waals surface area contributed by atoms with Gasteiger partial charge in [-0.2, -0.15) is 0 Å². The van der Waals surface area contributed by atoms with Crippen LogP contribution in [0.25, 0.3) is 0 Å². The van der Waals surface area contributed by atoms with Crippen LogP contribution in [0.15, 0.2) is 40.9 Å². The third-order valence-corrected chi connectivity index (χ3v) is 3.84. The van der Waals surface area contributed by atoms with E-state index in [1.54, 1.807) is 0 Å². The van der Waals surface area contributed by atoms with Crippen molar-refractivity contribution in [2.24, 2.45) is 5.73 Å². The third-order valence-electron chi connectivity index (χ3n) is 3.22. The summed E-state index contributed by atoms with van der Waals surface area (Å²) in [7, 11) is 0. The molecular formula is C17H20BrNO. The molecule has 0 aliphatic carbocycles. The largest absolute Gasteiger partial charge is 0.493 e. The molecule has 0 aliphatic rings. The van der Waals surface area contributed by atoms with E-state index in [9.17, 15) is 0 Å². The van der Waals surface area contributed by atoms with Crippen molar-refractivity contribution in [3.05, 3.63) is 63.1 Å². The Morgan fingerprint density at radius 1 is 1.05 bits per heavy atom. The van der Waals surface area contributed by atoms with Crippen LogP contribution in [-0.2, 0) is 0 Å². The lowest BCUT2D eigenvalue weighted by Gasteiger charge is -2.16. The van der Waals surface area contributed by atoms with E-state index >= 15 is 0 Å². The minimum absolute atomic E-state index is 0.124. The Hall–Kier alpha value is -1.32. The molecule has 0 amide bonds. The normalized spacial score (nSPS) is 12.2. The zero-order valence-electron chi connectivity index (χ0n) is 12.1. The van der Waals surface area contributed by atoms with E-state index < -0.39 is 0 Å². The molecule has 2 aromatic rings. The smallest absolute Gasteiger partial charge is 0.133 e. The first-order valence-electron chi connectivity index (χ1n) is 6.77. The zero-order valence-corrected chi connectivity index (χ0v) is 13.7. The molecule has 1 unspecified atom stereocenters. The molecule has 106 valence electrons. The van der Waals surface area contributed by atoms with Crippen molar-refractivity contribution in [2.75, 3.05) is 6.61 Å². The third kappa shape index (κ3) is 3.41. The summed E-state index contributed by atoms with van der Waals surface area (Å²) in [6.07, 6.45) is 0. The van der Waals surface area contributed by atoms with Gasteiger partial charge in [0.2, 0.25) is 0 Å². The van der Waals surface area contributed by atoms with Gasteiger partial charge in [0.05, 0.1) is 17.1 Å². The van der Waals surface area contributed by atoms with Crippen LogP contribution in [0.4, 0.5) is 0 Å². The van der Waals surface area contributed by atoms with Crippen LogP contribution in [0.3, 0.4) is 0 Å². The predicted molar refractivity (Wildman–Crippen MR) is 87.3 cm³/mol. The maximum Gasteiger partial charge on any atom is 0.133 e. The van der Waals surface area contributed by atoms with Crippen LogP contribution in [0.5, 0.6) is 5.75 Å². The second-order valence-corrected chi connectivity index (χ2v) is 5.88. The summed E-state index contributed by atoms with van der Waals surface area (Å²) in [5, 5.41) is 0.